The summed E-state index contributed by atoms with van der Waals surface area (Å²) < 4.78 is 6.12. The van der Waals surface area contributed by atoms with Gasteiger partial charge in [-0.05, 0) is 30.3 Å². The molecule has 0 saturated carbocycles. The van der Waals surface area contributed by atoms with Crippen LogP contribution in [0.4, 0.5) is 0 Å². The standard InChI is InChI=1S/C14H23NO3SSi/c1-14(2,3)20(4,5)18-11-9-13-7-6-12(19-13)8-10-15(16)17/h6-8,10H,9,11H2,1-5H3/b10-8+. The summed E-state index contributed by atoms with van der Waals surface area (Å²) in [6.07, 6.45) is 3.37. The summed E-state index contributed by atoms with van der Waals surface area (Å²) in [4.78, 5) is 11.9. The lowest BCUT2D eigenvalue weighted by Gasteiger charge is -2.36. The van der Waals surface area contributed by atoms with E-state index in [-0.39, 0.29) is 5.04 Å². The van der Waals surface area contributed by atoms with Gasteiger partial charge >= 0.3 is 0 Å². The molecule has 0 bridgehead atoms. The maximum atomic E-state index is 10.3. The van der Waals surface area contributed by atoms with Gasteiger partial charge in [-0.3, -0.25) is 10.1 Å². The van der Waals surface area contributed by atoms with E-state index in [2.05, 4.69) is 33.9 Å². The van der Waals surface area contributed by atoms with Crippen molar-refractivity contribution < 1.29 is 9.35 Å². The topological polar surface area (TPSA) is 52.4 Å². The van der Waals surface area contributed by atoms with Crippen molar-refractivity contribution in [2.45, 2.75) is 45.3 Å². The van der Waals surface area contributed by atoms with Gasteiger partial charge in [-0.15, -0.1) is 11.3 Å². The van der Waals surface area contributed by atoms with Crippen LogP contribution in [0.3, 0.4) is 0 Å². The highest BCUT2D eigenvalue weighted by molar-refractivity contribution is 7.12. The van der Waals surface area contributed by atoms with Gasteiger partial charge in [0.15, 0.2) is 8.32 Å². The number of thiophene rings is 1. The van der Waals surface area contributed by atoms with Crippen LogP contribution < -0.4 is 0 Å². The predicted octanol–water partition coefficient (Wildman–Crippen LogP) is 4.56. The smallest absolute Gasteiger partial charge is 0.235 e. The molecule has 4 nitrogen and oxygen atoms in total. The van der Waals surface area contributed by atoms with Crippen molar-refractivity contribution in [2.24, 2.45) is 0 Å². The van der Waals surface area contributed by atoms with Gasteiger partial charge in [-0.1, -0.05) is 20.8 Å². The third-order valence-corrected chi connectivity index (χ3v) is 9.31. The van der Waals surface area contributed by atoms with Crippen molar-refractivity contribution in [3.63, 3.8) is 0 Å². The number of hydrogen-bond donors (Lipinski definition) is 0. The van der Waals surface area contributed by atoms with Crippen molar-refractivity contribution in [3.8, 4) is 0 Å². The molecule has 0 N–H and O–H groups in total. The van der Waals surface area contributed by atoms with Gasteiger partial charge in [0.05, 0.1) is 4.92 Å². The minimum Gasteiger partial charge on any atom is -0.416 e. The lowest BCUT2D eigenvalue weighted by molar-refractivity contribution is -0.400. The molecular formula is C14H23NO3SSi. The van der Waals surface area contributed by atoms with E-state index in [9.17, 15) is 10.1 Å². The van der Waals surface area contributed by atoms with Crippen molar-refractivity contribution in [1.29, 1.82) is 0 Å². The Morgan fingerprint density at radius 1 is 1.40 bits per heavy atom. The summed E-state index contributed by atoms with van der Waals surface area (Å²) in [5, 5.41) is 10.5. The molecule has 1 rings (SSSR count). The molecule has 0 atom stereocenters. The summed E-state index contributed by atoms with van der Waals surface area (Å²) in [5.74, 6) is 0. The zero-order valence-corrected chi connectivity index (χ0v) is 14.6. The summed E-state index contributed by atoms with van der Waals surface area (Å²) in [6.45, 7) is 11.9. The second kappa shape index (κ2) is 6.65. The van der Waals surface area contributed by atoms with E-state index in [4.69, 9.17) is 4.43 Å². The van der Waals surface area contributed by atoms with Crippen molar-refractivity contribution >= 4 is 25.7 Å². The molecule has 112 valence electrons. The Labute approximate surface area is 125 Å². The Morgan fingerprint density at radius 2 is 2.05 bits per heavy atom. The molecule has 1 heterocycles. The zero-order chi connectivity index (χ0) is 15.4. The highest BCUT2D eigenvalue weighted by Crippen LogP contribution is 2.36. The maximum Gasteiger partial charge on any atom is 0.235 e. The second-order valence-electron chi connectivity index (χ2n) is 6.26. The molecule has 1 aromatic rings. The van der Waals surface area contributed by atoms with Gasteiger partial charge in [-0.25, -0.2) is 0 Å². The molecule has 0 unspecified atom stereocenters. The molecule has 0 aliphatic heterocycles. The van der Waals surface area contributed by atoms with Gasteiger partial charge in [0.25, 0.3) is 0 Å². The average molecular weight is 313 g/mol. The molecule has 1 aromatic heterocycles. The van der Waals surface area contributed by atoms with E-state index >= 15 is 0 Å². The number of nitrogens with zero attached hydrogens (tertiary/aromatic N) is 1. The van der Waals surface area contributed by atoms with Gasteiger partial charge in [-0.2, -0.15) is 0 Å². The molecule has 0 aromatic carbocycles. The van der Waals surface area contributed by atoms with Gasteiger partial charge < -0.3 is 4.43 Å². The quantitative estimate of drug-likeness (QED) is 0.439. The summed E-state index contributed by atoms with van der Waals surface area (Å²) >= 11 is 1.58. The molecule has 0 spiro atoms. The lowest BCUT2D eigenvalue weighted by Crippen LogP contribution is -2.41. The van der Waals surface area contributed by atoms with E-state index in [1.165, 1.54) is 11.0 Å². The minimum atomic E-state index is -1.68. The summed E-state index contributed by atoms with van der Waals surface area (Å²) in [5.41, 5.74) is 0. The first-order chi connectivity index (χ1) is 9.12. The van der Waals surface area contributed by atoms with Crippen LogP contribution in [0, 0.1) is 10.1 Å². The van der Waals surface area contributed by atoms with Crippen LogP contribution in [0.1, 0.15) is 30.5 Å². The fourth-order valence-electron chi connectivity index (χ4n) is 1.38. The SMILES string of the molecule is CC(C)(C)[Si](C)(C)OCCc1ccc(/C=C/[N+](=O)[O-])s1. The molecule has 0 aliphatic carbocycles. The molecule has 0 aliphatic rings. The fourth-order valence-corrected chi connectivity index (χ4v) is 3.31. The number of rotatable bonds is 6. The van der Waals surface area contributed by atoms with Crippen molar-refractivity contribution in [1.82, 2.24) is 0 Å². The molecule has 20 heavy (non-hydrogen) atoms. The van der Waals surface area contributed by atoms with Gasteiger partial charge in [0.1, 0.15) is 0 Å². The zero-order valence-electron chi connectivity index (χ0n) is 12.8. The molecule has 0 fully saturated rings. The first-order valence-electron chi connectivity index (χ1n) is 6.66. The first-order valence-corrected chi connectivity index (χ1v) is 10.4. The van der Waals surface area contributed by atoms with Crippen molar-refractivity contribution in [3.05, 3.63) is 38.2 Å². The van der Waals surface area contributed by atoms with E-state index in [0.717, 1.165) is 24.1 Å². The maximum absolute atomic E-state index is 10.3. The Hall–Kier alpha value is -0.983. The van der Waals surface area contributed by atoms with Gasteiger partial charge in [0.2, 0.25) is 6.20 Å². The Bertz CT molecular complexity index is 489. The van der Waals surface area contributed by atoms with E-state index in [1.54, 1.807) is 11.3 Å². The third-order valence-electron chi connectivity index (χ3n) is 3.66. The highest BCUT2D eigenvalue weighted by atomic mass is 32.1. The number of nitro groups is 1. The fraction of sp³-hybridized carbons (Fsp3) is 0.571. The molecule has 0 saturated heterocycles. The van der Waals surface area contributed by atoms with Crippen LogP contribution in [-0.4, -0.2) is 19.8 Å². The first kappa shape index (κ1) is 17.1. The third kappa shape index (κ3) is 5.18. The second-order valence-corrected chi connectivity index (χ2v) is 12.3. The molecule has 6 heteroatoms. The molecule has 0 radical (unpaired) electrons. The van der Waals surface area contributed by atoms with Crippen LogP contribution in [0.2, 0.25) is 18.1 Å². The van der Waals surface area contributed by atoms with E-state index < -0.39 is 13.2 Å². The van der Waals surface area contributed by atoms with Crippen LogP contribution in [-0.2, 0) is 10.8 Å². The van der Waals surface area contributed by atoms with Crippen LogP contribution in [0.15, 0.2) is 18.3 Å². The normalized spacial score (nSPS) is 13.1. The Kier molecular flexibility index (Phi) is 5.67. The summed E-state index contributed by atoms with van der Waals surface area (Å²) in [7, 11) is -1.68. The molecule has 0 amide bonds. The van der Waals surface area contributed by atoms with Crippen LogP contribution in [0.25, 0.3) is 6.08 Å². The van der Waals surface area contributed by atoms with Crippen LogP contribution >= 0.6 is 11.3 Å². The van der Waals surface area contributed by atoms with Crippen molar-refractivity contribution in [2.75, 3.05) is 6.61 Å². The Morgan fingerprint density at radius 3 is 2.60 bits per heavy atom. The predicted molar refractivity (Wildman–Crippen MR) is 87.2 cm³/mol. The van der Waals surface area contributed by atoms with Crippen LogP contribution in [0.5, 0.6) is 0 Å². The Balaban J connectivity index is 2.49. The van der Waals surface area contributed by atoms with Gasteiger partial charge in [0, 0.05) is 28.9 Å². The highest BCUT2D eigenvalue weighted by Gasteiger charge is 2.36. The lowest BCUT2D eigenvalue weighted by atomic mass is 10.2. The monoisotopic (exact) mass is 313 g/mol. The largest absolute Gasteiger partial charge is 0.416 e. The molecular weight excluding hydrogens is 290 g/mol. The number of hydrogen-bond acceptors (Lipinski definition) is 4. The van der Waals surface area contributed by atoms with E-state index in [0.29, 0.717) is 0 Å². The minimum absolute atomic E-state index is 0.224. The summed E-state index contributed by atoms with van der Waals surface area (Å²) in [6, 6.07) is 3.92. The average Bonchev–Trinajstić information content (AvgIpc) is 2.72. The van der Waals surface area contributed by atoms with E-state index in [1.807, 2.05) is 12.1 Å².